The minimum atomic E-state index is -4.32. The maximum absolute atomic E-state index is 12.3. The summed E-state index contributed by atoms with van der Waals surface area (Å²) in [7, 11) is -4.32. The van der Waals surface area contributed by atoms with Gasteiger partial charge in [-0.1, -0.05) is 154 Å². The molecule has 0 aromatic carbocycles. The molecule has 0 fully saturated rings. The molecule has 0 aromatic rings. The zero-order chi connectivity index (χ0) is 29.0. The van der Waals surface area contributed by atoms with Crippen molar-refractivity contribution in [3.63, 3.8) is 0 Å². The van der Waals surface area contributed by atoms with Crippen LogP contribution in [0.3, 0.4) is 0 Å². The first-order valence-electron chi connectivity index (χ1n) is 16.4. The summed E-state index contributed by atoms with van der Waals surface area (Å²) in [6.45, 7) is 4.44. The molecular formula is C32H63NO5S. The van der Waals surface area contributed by atoms with Crippen LogP contribution in [0.15, 0.2) is 12.2 Å². The van der Waals surface area contributed by atoms with Gasteiger partial charge in [0.25, 0.3) is 10.1 Å². The lowest BCUT2D eigenvalue weighted by atomic mass is 10.0. The van der Waals surface area contributed by atoms with E-state index in [1.165, 1.54) is 109 Å². The molecule has 3 N–H and O–H groups in total. The molecule has 0 aliphatic carbocycles. The summed E-state index contributed by atoms with van der Waals surface area (Å²) in [5, 5.41) is 13.1. The van der Waals surface area contributed by atoms with Crippen LogP contribution in [0.4, 0.5) is 0 Å². The molecule has 0 saturated heterocycles. The molecule has 0 aromatic heterocycles. The Morgan fingerprint density at radius 3 is 1.46 bits per heavy atom. The highest BCUT2D eigenvalue weighted by Crippen LogP contribution is 2.14. The summed E-state index contributed by atoms with van der Waals surface area (Å²) < 4.78 is 32.1. The Balaban J connectivity index is 3.96. The molecule has 6 nitrogen and oxygen atoms in total. The Labute approximate surface area is 241 Å². The van der Waals surface area contributed by atoms with Gasteiger partial charge in [0.1, 0.15) is 0 Å². The van der Waals surface area contributed by atoms with Crippen molar-refractivity contribution in [1.82, 2.24) is 5.32 Å². The SMILES string of the molecule is CCCCCCCCCCCCCCCCC/C=C/C(O)C(CS(=O)(=O)O)NC(=O)CCCCCCCCC. The van der Waals surface area contributed by atoms with Gasteiger partial charge in [0.15, 0.2) is 0 Å². The molecule has 0 bridgehead atoms. The van der Waals surface area contributed by atoms with Crippen LogP contribution in [-0.2, 0) is 14.9 Å². The molecule has 1 amide bonds. The number of aliphatic hydroxyl groups excluding tert-OH is 1. The second kappa shape index (κ2) is 27.3. The van der Waals surface area contributed by atoms with Crippen molar-refractivity contribution in [2.45, 2.75) is 180 Å². The molecule has 0 heterocycles. The van der Waals surface area contributed by atoms with Crippen molar-refractivity contribution in [2.75, 3.05) is 5.75 Å². The smallest absolute Gasteiger partial charge is 0.267 e. The van der Waals surface area contributed by atoms with Gasteiger partial charge < -0.3 is 10.4 Å². The van der Waals surface area contributed by atoms with E-state index in [4.69, 9.17) is 0 Å². The summed E-state index contributed by atoms with van der Waals surface area (Å²) in [5.41, 5.74) is 0. The van der Waals surface area contributed by atoms with Gasteiger partial charge in [0.05, 0.1) is 17.9 Å². The number of aliphatic hydroxyl groups is 1. The number of carbonyl (C=O) groups is 1. The Bertz CT molecular complexity index is 680. The van der Waals surface area contributed by atoms with Gasteiger partial charge in [-0.3, -0.25) is 9.35 Å². The van der Waals surface area contributed by atoms with Crippen molar-refractivity contribution < 1.29 is 22.9 Å². The highest BCUT2D eigenvalue weighted by molar-refractivity contribution is 7.85. The molecule has 0 saturated carbocycles. The molecule has 0 radical (unpaired) electrons. The van der Waals surface area contributed by atoms with Crippen molar-refractivity contribution >= 4 is 16.0 Å². The fourth-order valence-electron chi connectivity index (χ4n) is 4.98. The van der Waals surface area contributed by atoms with E-state index in [1.807, 2.05) is 6.08 Å². The quantitative estimate of drug-likeness (QED) is 0.0472. The first kappa shape index (κ1) is 38.1. The van der Waals surface area contributed by atoms with Gasteiger partial charge in [0, 0.05) is 6.42 Å². The summed E-state index contributed by atoms with van der Waals surface area (Å²) >= 11 is 0. The summed E-state index contributed by atoms with van der Waals surface area (Å²) in [6.07, 6.45) is 30.7. The summed E-state index contributed by atoms with van der Waals surface area (Å²) in [5.74, 6) is -0.979. The van der Waals surface area contributed by atoms with Crippen molar-refractivity contribution in [3.8, 4) is 0 Å². The summed E-state index contributed by atoms with van der Waals surface area (Å²) in [6, 6.07) is -1.05. The zero-order valence-electron chi connectivity index (χ0n) is 25.5. The van der Waals surface area contributed by atoms with Crippen molar-refractivity contribution in [1.29, 1.82) is 0 Å². The monoisotopic (exact) mass is 573 g/mol. The lowest BCUT2D eigenvalue weighted by Gasteiger charge is -2.21. The first-order chi connectivity index (χ1) is 18.8. The molecule has 0 rings (SSSR count). The minimum absolute atomic E-state index is 0.285. The molecule has 2 unspecified atom stereocenters. The minimum Gasteiger partial charge on any atom is -0.387 e. The third-order valence-electron chi connectivity index (χ3n) is 7.46. The Morgan fingerprint density at radius 1 is 0.667 bits per heavy atom. The molecule has 7 heteroatoms. The van der Waals surface area contributed by atoms with Gasteiger partial charge in [-0.2, -0.15) is 8.42 Å². The van der Waals surface area contributed by atoms with Crippen molar-refractivity contribution in [3.05, 3.63) is 12.2 Å². The highest BCUT2D eigenvalue weighted by Gasteiger charge is 2.24. The predicted molar refractivity (Wildman–Crippen MR) is 166 cm³/mol. The number of hydrogen-bond acceptors (Lipinski definition) is 4. The lowest BCUT2D eigenvalue weighted by molar-refractivity contribution is -0.122. The fraction of sp³-hybridized carbons (Fsp3) is 0.906. The second-order valence-electron chi connectivity index (χ2n) is 11.5. The lowest BCUT2D eigenvalue weighted by Crippen LogP contribution is -2.46. The van der Waals surface area contributed by atoms with E-state index in [-0.39, 0.29) is 5.91 Å². The van der Waals surface area contributed by atoms with E-state index >= 15 is 0 Å². The number of carbonyl (C=O) groups excluding carboxylic acids is 1. The number of hydrogen-bond donors (Lipinski definition) is 3. The number of unbranched alkanes of at least 4 members (excludes halogenated alkanes) is 21. The van der Waals surface area contributed by atoms with Gasteiger partial charge in [-0.05, 0) is 19.3 Å². The standard InChI is InChI=1S/C32H63NO5S/c1-3-5-7-9-11-12-13-14-15-16-17-18-19-20-22-23-25-27-31(34)30(29-39(36,37)38)33-32(35)28-26-24-21-10-8-6-4-2/h25,27,30-31,34H,3-24,26,28-29H2,1-2H3,(H,33,35)(H,36,37,38)/b27-25+. The fourth-order valence-corrected chi connectivity index (χ4v) is 5.71. The van der Waals surface area contributed by atoms with Gasteiger partial charge in [-0.15, -0.1) is 0 Å². The third kappa shape index (κ3) is 28.4. The number of nitrogens with one attached hydrogen (secondary N) is 1. The number of amides is 1. The average molecular weight is 574 g/mol. The van der Waals surface area contributed by atoms with Gasteiger partial charge in [0.2, 0.25) is 5.91 Å². The maximum atomic E-state index is 12.3. The van der Waals surface area contributed by atoms with Crippen LogP contribution in [0.2, 0.25) is 0 Å². The van der Waals surface area contributed by atoms with E-state index in [2.05, 4.69) is 19.2 Å². The Kier molecular flexibility index (Phi) is 26.6. The third-order valence-corrected chi connectivity index (χ3v) is 8.24. The first-order valence-corrected chi connectivity index (χ1v) is 18.0. The van der Waals surface area contributed by atoms with Crippen LogP contribution in [0, 0.1) is 0 Å². The molecule has 0 spiro atoms. The van der Waals surface area contributed by atoms with Crippen molar-refractivity contribution in [2.24, 2.45) is 0 Å². The van der Waals surface area contributed by atoms with Gasteiger partial charge in [-0.25, -0.2) is 0 Å². The largest absolute Gasteiger partial charge is 0.387 e. The van der Waals surface area contributed by atoms with E-state index in [1.54, 1.807) is 6.08 Å². The highest BCUT2D eigenvalue weighted by atomic mass is 32.2. The van der Waals surface area contributed by atoms with E-state index in [0.29, 0.717) is 6.42 Å². The molecular weight excluding hydrogens is 510 g/mol. The van der Waals surface area contributed by atoms with Crippen LogP contribution in [0.5, 0.6) is 0 Å². The van der Waals surface area contributed by atoms with Crippen LogP contribution in [0.1, 0.15) is 168 Å². The van der Waals surface area contributed by atoms with Gasteiger partial charge >= 0.3 is 0 Å². The van der Waals surface area contributed by atoms with E-state index in [9.17, 15) is 22.9 Å². The molecule has 2 atom stereocenters. The van der Waals surface area contributed by atoms with Crippen LogP contribution < -0.4 is 5.32 Å². The Hall–Kier alpha value is -0.920. The number of allylic oxidation sites excluding steroid dienone is 1. The molecule has 0 aliphatic heterocycles. The Morgan fingerprint density at radius 2 is 1.05 bits per heavy atom. The van der Waals surface area contributed by atoms with E-state index < -0.39 is 28.0 Å². The van der Waals surface area contributed by atoms with E-state index in [0.717, 1.165) is 38.5 Å². The zero-order valence-corrected chi connectivity index (χ0v) is 26.3. The topological polar surface area (TPSA) is 104 Å². The molecule has 0 aliphatic rings. The normalized spacial score (nSPS) is 13.6. The van der Waals surface area contributed by atoms with Crippen LogP contribution in [0.25, 0.3) is 0 Å². The van der Waals surface area contributed by atoms with Crippen LogP contribution >= 0.6 is 0 Å². The number of rotatable bonds is 29. The molecule has 39 heavy (non-hydrogen) atoms. The predicted octanol–water partition coefficient (Wildman–Crippen LogP) is 8.68. The second-order valence-corrected chi connectivity index (χ2v) is 12.9. The molecule has 232 valence electrons. The summed E-state index contributed by atoms with van der Waals surface area (Å²) in [4.78, 5) is 12.3. The van der Waals surface area contributed by atoms with Crippen LogP contribution in [-0.4, -0.2) is 41.9 Å². The average Bonchev–Trinajstić information content (AvgIpc) is 2.88. The maximum Gasteiger partial charge on any atom is 0.267 e.